The van der Waals surface area contributed by atoms with E-state index < -0.39 is 0 Å². The molecule has 0 spiro atoms. The lowest BCUT2D eigenvalue weighted by Gasteiger charge is -2.22. The van der Waals surface area contributed by atoms with Crippen molar-refractivity contribution in [3.8, 4) is 0 Å². The van der Waals surface area contributed by atoms with Gasteiger partial charge in [0.05, 0.1) is 6.61 Å². The number of nitrogens with zero attached hydrogens (tertiary/aromatic N) is 1. The van der Waals surface area contributed by atoms with Gasteiger partial charge in [-0.2, -0.15) is 0 Å². The van der Waals surface area contributed by atoms with Crippen LogP contribution in [-0.4, -0.2) is 26.2 Å². The van der Waals surface area contributed by atoms with Crippen molar-refractivity contribution < 1.29 is 9.53 Å². The van der Waals surface area contributed by atoms with Gasteiger partial charge < -0.3 is 9.64 Å². The van der Waals surface area contributed by atoms with E-state index in [-0.39, 0.29) is 5.91 Å². The Balaban J connectivity index is 3.06. The normalized spacial score (nSPS) is 10.4. The third-order valence-electron chi connectivity index (χ3n) is 3.12. The highest BCUT2D eigenvalue weighted by molar-refractivity contribution is 5.91. The summed E-state index contributed by atoms with van der Waals surface area (Å²) in [6.07, 6.45) is 0. The standard InChI is InChI=1S/C14H21NO2/c1-10-8-14(9-11(2)12(10)3)15(13(4)16)6-7-17-5/h8-9H,6-7H2,1-5H3. The molecular formula is C14H21NO2. The van der Waals surface area contributed by atoms with Crippen LogP contribution in [0.15, 0.2) is 12.1 Å². The van der Waals surface area contributed by atoms with Crippen molar-refractivity contribution in [2.75, 3.05) is 25.2 Å². The van der Waals surface area contributed by atoms with Gasteiger partial charge in [-0.05, 0) is 49.6 Å². The molecule has 0 aliphatic rings. The highest BCUT2D eigenvalue weighted by Crippen LogP contribution is 2.22. The van der Waals surface area contributed by atoms with Crippen LogP contribution in [-0.2, 0) is 9.53 Å². The molecule has 0 radical (unpaired) electrons. The first kappa shape index (κ1) is 13.7. The number of rotatable bonds is 4. The highest BCUT2D eigenvalue weighted by Gasteiger charge is 2.12. The van der Waals surface area contributed by atoms with Gasteiger partial charge in [0.15, 0.2) is 0 Å². The fraction of sp³-hybridized carbons (Fsp3) is 0.500. The second-order valence-electron chi connectivity index (χ2n) is 4.37. The predicted molar refractivity (Wildman–Crippen MR) is 70.6 cm³/mol. The number of ether oxygens (including phenoxy) is 1. The Hall–Kier alpha value is -1.35. The van der Waals surface area contributed by atoms with E-state index in [0.29, 0.717) is 13.2 Å². The quantitative estimate of drug-likeness (QED) is 0.803. The van der Waals surface area contributed by atoms with Crippen LogP contribution in [0.4, 0.5) is 5.69 Å². The van der Waals surface area contributed by atoms with Gasteiger partial charge in [0, 0.05) is 26.3 Å². The van der Waals surface area contributed by atoms with Gasteiger partial charge in [-0.15, -0.1) is 0 Å². The number of anilines is 1. The molecule has 17 heavy (non-hydrogen) atoms. The molecule has 1 aromatic rings. The van der Waals surface area contributed by atoms with E-state index in [4.69, 9.17) is 4.74 Å². The van der Waals surface area contributed by atoms with Crippen LogP contribution in [0.25, 0.3) is 0 Å². The van der Waals surface area contributed by atoms with Crippen LogP contribution in [0.2, 0.25) is 0 Å². The van der Waals surface area contributed by atoms with Crippen molar-refractivity contribution in [3.05, 3.63) is 28.8 Å². The molecule has 0 fully saturated rings. The average Bonchev–Trinajstić information content (AvgIpc) is 2.25. The Morgan fingerprint density at radius 1 is 1.24 bits per heavy atom. The number of aryl methyl sites for hydroxylation is 2. The Labute approximate surface area is 103 Å². The molecule has 1 amide bonds. The lowest BCUT2D eigenvalue weighted by molar-refractivity contribution is -0.116. The fourth-order valence-corrected chi connectivity index (χ4v) is 1.82. The summed E-state index contributed by atoms with van der Waals surface area (Å²) >= 11 is 0. The third kappa shape index (κ3) is 3.30. The molecule has 1 aromatic carbocycles. The van der Waals surface area contributed by atoms with Crippen LogP contribution in [0.1, 0.15) is 23.6 Å². The van der Waals surface area contributed by atoms with Gasteiger partial charge in [0.2, 0.25) is 5.91 Å². The van der Waals surface area contributed by atoms with Crippen LogP contribution in [0.5, 0.6) is 0 Å². The van der Waals surface area contributed by atoms with Crippen LogP contribution in [0.3, 0.4) is 0 Å². The molecule has 0 saturated heterocycles. The first-order valence-corrected chi connectivity index (χ1v) is 5.82. The van der Waals surface area contributed by atoms with Crippen molar-refractivity contribution in [1.29, 1.82) is 0 Å². The average molecular weight is 235 g/mol. The summed E-state index contributed by atoms with van der Waals surface area (Å²) in [5.74, 6) is 0.0460. The SMILES string of the molecule is COCCN(C(C)=O)c1cc(C)c(C)c(C)c1. The number of methoxy groups -OCH3 is 1. The summed E-state index contributed by atoms with van der Waals surface area (Å²) < 4.78 is 5.03. The maximum Gasteiger partial charge on any atom is 0.223 e. The zero-order valence-electron chi connectivity index (χ0n) is 11.3. The Morgan fingerprint density at radius 3 is 2.18 bits per heavy atom. The number of hydrogen-bond donors (Lipinski definition) is 0. The molecule has 0 unspecified atom stereocenters. The molecule has 0 saturated carbocycles. The number of amides is 1. The van der Waals surface area contributed by atoms with E-state index in [9.17, 15) is 4.79 Å². The maximum atomic E-state index is 11.6. The molecule has 0 aliphatic heterocycles. The van der Waals surface area contributed by atoms with Crippen molar-refractivity contribution in [3.63, 3.8) is 0 Å². The van der Waals surface area contributed by atoms with Gasteiger partial charge in [-0.1, -0.05) is 0 Å². The lowest BCUT2D eigenvalue weighted by atomic mass is 10.0. The molecule has 0 heterocycles. The summed E-state index contributed by atoms with van der Waals surface area (Å²) in [7, 11) is 1.64. The minimum Gasteiger partial charge on any atom is -0.383 e. The fourth-order valence-electron chi connectivity index (χ4n) is 1.82. The van der Waals surface area contributed by atoms with E-state index in [0.717, 1.165) is 5.69 Å². The van der Waals surface area contributed by atoms with Crippen molar-refractivity contribution in [2.24, 2.45) is 0 Å². The molecule has 0 aromatic heterocycles. The molecule has 0 atom stereocenters. The van der Waals surface area contributed by atoms with Gasteiger partial charge in [0.1, 0.15) is 0 Å². The third-order valence-corrected chi connectivity index (χ3v) is 3.12. The number of hydrogen-bond acceptors (Lipinski definition) is 2. The zero-order valence-corrected chi connectivity index (χ0v) is 11.3. The van der Waals surface area contributed by atoms with Crippen LogP contribution < -0.4 is 4.90 Å². The van der Waals surface area contributed by atoms with Crippen LogP contribution >= 0.6 is 0 Å². The Kier molecular flexibility index (Phi) is 4.70. The second-order valence-corrected chi connectivity index (χ2v) is 4.37. The number of carbonyl (C=O) groups excluding carboxylic acids is 1. The second kappa shape index (κ2) is 5.82. The summed E-state index contributed by atoms with van der Waals surface area (Å²) in [5, 5.41) is 0. The number of carbonyl (C=O) groups is 1. The molecule has 94 valence electrons. The van der Waals surface area contributed by atoms with Gasteiger partial charge >= 0.3 is 0 Å². The highest BCUT2D eigenvalue weighted by atomic mass is 16.5. The Bertz CT molecular complexity index is 390. The molecule has 1 rings (SSSR count). The van der Waals surface area contributed by atoms with Crippen molar-refractivity contribution in [1.82, 2.24) is 0 Å². The zero-order chi connectivity index (χ0) is 13.0. The van der Waals surface area contributed by atoms with E-state index in [2.05, 4.69) is 32.9 Å². The van der Waals surface area contributed by atoms with Gasteiger partial charge in [-0.3, -0.25) is 4.79 Å². The molecule has 3 heteroatoms. The summed E-state index contributed by atoms with van der Waals surface area (Å²) in [6.45, 7) is 8.96. The van der Waals surface area contributed by atoms with Crippen molar-refractivity contribution >= 4 is 11.6 Å². The maximum absolute atomic E-state index is 11.6. The van der Waals surface area contributed by atoms with Crippen molar-refractivity contribution in [2.45, 2.75) is 27.7 Å². The van der Waals surface area contributed by atoms with Crippen LogP contribution in [0, 0.1) is 20.8 Å². The summed E-state index contributed by atoms with van der Waals surface area (Å²) in [5.41, 5.74) is 4.66. The minimum atomic E-state index is 0.0460. The first-order valence-electron chi connectivity index (χ1n) is 5.82. The topological polar surface area (TPSA) is 29.5 Å². The molecule has 0 bridgehead atoms. The lowest BCUT2D eigenvalue weighted by Crippen LogP contribution is -2.31. The van der Waals surface area contributed by atoms with E-state index in [1.54, 1.807) is 18.9 Å². The monoisotopic (exact) mass is 235 g/mol. The van der Waals surface area contributed by atoms with E-state index >= 15 is 0 Å². The van der Waals surface area contributed by atoms with Gasteiger partial charge in [-0.25, -0.2) is 0 Å². The summed E-state index contributed by atoms with van der Waals surface area (Å²) in [6, 6.07) is 4.11. The van der Waals surface area contributed by atoms with E-state index in [1.807, 2.05) is 0 Å². The molecular weight excluding hydrogens is 214 g/mol. The van der Waals surface area contributed by atoms with E-state index in [1.165, 1.54) is 16.7 Å². The number of benzene rings is 1. The molecule has 0 aliphatic carbocycles. The smallest absolute Gasteiger partial charge is 0.223 e. The predicted octanol–water partition coefficient (Wildman–Crippen LogP) is 2.61. The summed E-state index contributed by atoms with van der Waals surface area (Å²) in [4.78, 5) is 13.4. The minimum absolute atomic E-state index is 0.0460. The first-order chi connectivity index (χ1) is 7.97. The Morgan fingerprint density at radius 2 is 1.76 bits per heavy atom. The largest absolute Gasteiger partial charge is 0.383 e. The molecule has 3 nitrogen and oxygen atoms in total. The van der Waals surface area contributed by atoms with Gasteiger partial charge in [0.25, 0.3) is 0 Å². The molecule has 0 N–H and O–H groups in total.